The summed E-state index contributed by atoms with van der Waals surface area (Å²) in [6, 6.07) is 0.173. The minimum absolute atomic E-state index is 0.173. The molecule has 0 saturated carbocycles. The van der Waals surface area contributed by atoms with Crippen LogP contribution in [-0.2, 0) is 6.54 Å². The summed E-state index contributed by atoms with van der Waals surface area (Å²) in [6.45, 7) is 5.21. The van der Waals surface area contributed by atoms with Crippen LogP contribution in [0.15, 0.2) is 6.20 Å². The molecule has 5 nitrogen and oxygen atoms in total. The highest BCUT2D eigenvalue weighted by atomic mass is 15.4. The first-order valence-corrected chi connectivity index (χ1v) is 5.68. The highest BCUT2D eigenvalue weighted by Gasteiger charge is 2.14. The molecule has 1 heterocycles. The summed E-state index contributed by atoms with van der Waals surface area (Å²) in [6.07, 6.45) is 6.22. The van der Waals surface area contributed by atoms with Crippen LogP contribution in [0.25, 0.3) is 0 Å². The highest BCUT2D eigenvalue weighted by Crippen LogP contribution is 2.17. The fourth-order valence-corrected chi connectivity index (χ4v) is 1.65. The molecule has 86 valence electrons. The van der Waals surface area contributed by atoms with Crippen LogP contribution in [0.3, 0.4) is 0 Å². The van der Waals surface area contributed by atoms with Gasteiger partial charge in [0.05, 0.1) is 17.9 Å². The molecular formula is C10H21N5. The maximum atomic E-state index is 5.55. The van der Waals surface area contributed by atoms with Crippen LogP contribution in [0.4, 0.5) is 0 Å². The van der Waals surface area contributed by atoms with Gasteiger partial charge in [-0.1, -0.05) is 31.9 Å². The summed E-state index contributed by atoms with van der Waals surface area (Å²) in [5.74, 6) is 5.55. The van der Waals surface area contributed by atoms with E-state index in [-0.39, 0.29) is 6.04 Å². The Bertz CT molecular complexity index is 271. The number of hydrazine groups is 1. The van der Waals surface area contributed by atoms with Crippen LogP contribution in [0.1, 0.15) is 51.3 Å². The summed E-state index contributed by atoms with van der Waals surface area (Å²) < 4.78 is 1.93. The summed E-state index contributed by atoms with van der Waals surface area (Å²) in [5, 5.41) is 7.99. The van der Waals surface area contributed by atoms with Crippen LogP contribution in [0, 0.1) is 0 Å². The average molecular weight is 211 g/mol. The van der Waals surface area contributed by atoms with E-state index >= 15 is 0 Å². The lowest BCUT2D eigenvalue weighted by atomic mass is 10.1. The second kappa shape index (κ2) is 6.53. The second-order valence-corrected chi connectivity index (χ2v) is 3.74. The summed E-state index contributed by atoms with van der Waals surface area (Å²) in [4.78, 5) is 0. The number of rotatable bonds is 7. The molecular weight excluding hydrogens is 190 g/mol. The van der Waals surface area contributed by atoms with Gasteiger partial charge in [0.2, 0.25) is 0 Å². The Morgan fingerprint density at radius 2 is 2.27 bits per heavy atom. The van der Waals surface area contributed by atoms with E-state index in [1.54, 1.807) is 6.20 Å². The van der Waals surface area contributed by atoms with E-state index in [2.05, 4.69) is 29.6 Å². The predicted octanol–water partition coefficient (Wildman–Crippen LogP) is 1.38. The van der Waals surface area contributed by atoms with Gasteiger partial charge in [0.25, 0.3) is 0 Å². The van der Waals surface area contributed by atoms with Crippen molar-refractivity contribution < 1.29 is 0 Å². The number of nitrogens with zero attached hydrogens (tertiary/aromatic N) is 3. The molecule has 0 aliphatic heterocycles. The van der Waals surface area contributed by atoms with Gasteiger partial charge in [-0.3, -0.25) is 11.3 Å². The Labute approximate surface area is 91.0 Å². The van der Waals surface area contributed by atoms with Gasteiger partial charge in [0.1, 0.15) is 0 Å². The number of aromatic nitrogens is 3. The molecule has 0 saturated heterocycles. The molecule has 1 aromatic heterocycles. The monoisotopic (exact) mass is 211 g/mol. The zero-order chi connectivity index (χ0) is 11.1. The molecule has 0 bridgehead atoms. The number of aryl methyl sites for hydroxylation is 1. The Kier molecular flexibility index (Phi) is 5.28. The Morgan fingerprint density at radius 1 is 1.47 bits per heavy atom. The molecule has 3 N–H and O–H groups in total. The highest BCUT2D eigenvalue weighted by molar-refractivity contribution is 5.01. The van der Waals surface area contributed by atoms with Gasteiger partial charge in [-0.25, -0.2) is 4.68 Å². The van der Waals surface area contributed by atoms with Crippen LogP contribution >= 0.6 is 0 Å². The first-order chi connectivity index (χ1) is 7.33. The molecule has 1 rings (SSSR count). The third-order valence-corrected chi connectivity index (χ3v) is 2.49. The summed E-state index contributed by atoms with van der Waals surface area (Å²) >= 11 is 0. The maximum Gasteiger partial charge on any atom is 0.0770 e. The third kappa shape index (κ3) is 3.28. The SMILES string of the molecule is CCCCC(NN)c1cnnn1CCC. The van der Waals surface area contributed by atoms with Gasteiger partial charge >= 0.3 is 0 Å². The number of hydrogen-bond acceptors (Lipinski definition) is 4. The van der Waals surface area contributed by atoms with Crippen LogP contribution < -0.4 is 11.3 Å². The average Bonchev–Trinajstić information content (AvgIpc) is 2.68. The Balaban J connectivity index is 2.67. The van der Waals surface area contributed by atoms with Crippen molar-refractivity contribution in [3.8, 4) is 0 Å². The van der Waals surface area contributed by atoms with Gasteiger partial charge in [-0.15, -0.1) is 5.10 Å². The van der Waals surface area contributed by atoms with Crippen molar-refractivity contribution in [2.45, 2.75) is 52.1 Å². The van der Waals surface area contributed by atoms with Gasteiger partial charge < -0.3 is 0 Å². The lowest BCUT2D eigenvalue weighted by molar-refractivity contribution is 0.443. The van der Waals surface area contributed by atoms with E-state index in [0.29, 0.717) is 0 Å². The van der Waals surface area contributed by atoms with Crippen LogP contribution in [0.5, 0.6) is 0 Å². The Hall–Kier alpha value is -0.940. The minimum Gasteiger partial charge on any atom is -0.271 e. The molecule has 0 amide bonds. The second-order valence-electron chi connectivity index (χ2n) is 3.74. The van der Waals surface area contributed by atoms with Crippen molar-refractivity contribution in [2.75, 3.05) is 0 Å². The zero-order valence-electron chi connectivity index (χ0n) is 9.61. The molecule has 1 unspecified atom stereocenters. The topological polar surface area (TPSA) is 68.8 Å². The lowest BCUT2D eigenvalue weighted by Gasteiger charge is -2.16. The van der Waals surface area contributed by atoms with Crippen molar-refractivity contribution in [3.63, 3.8) is 0 Å². The van der Waals surface area contributed by atoms with E-state index in [4.69, 9.17) is 5.84 Å². The largest absolute Gasteiger partial charge is 0.271 e. The molecule has 0 fully saturated rings. The van der Waals surface area contributed by atoms with Gasteiger partial charge in [-0.2, -0.15) is 0 Å². The van der Waals surface area contributed by atoms with E-state index in [9.17, 15) is 0 Å². The molecule has 0 aliphatic rings. The smallest absolute Gasteiger partial charge is 0.0770 e. The minimum atomic E-state index is 0.173. The molecule has 0 aromatic carbocycles. The quantitative estimate of drug-likeness (QED) is 0.528. The van der Waals surface area contributed by atoms with Crippen molar-refractivity contribution in [3.05, 3.63) is 11.9 Å². The fraction of sp³-hybridized carbons (Fsp3) is 0.800. The summed E-state index contributed by atoms with van der Waals surface area (Å²) in [5.41, 5.74) is 3.93. The Morgan fingerprint density at radius 3 is 2.87 bits per heavy atom. The van der Waals surface area contributed by atoms with Gasteiger partial charge in [-0.05, 0) is 12.8 Å². The summed E-state index contributed by atoms with van der Waals surface area (Å²) in [7, 11) is 0. The molecule has 1 aromatic rings. The predicted molar refractivity (Wildman–Crippen MR) is 59.9 cm³/mol. The number of nitrogens with one attached hydrogen (secondary N) is 1. The molecule has 0 radical (unpaired) electrons. The molecule has 5 heteroatoms. The van der Waals surface area contributed by atoms with Crippen molar-refractivity contribution in [1.29, 1.82) is 0 Å². The number of unbranched alkanes of at least 4 members (excludes halogenated alkanes) is 1. The fourth-order valence-electron chi connectivity index (χ4n) is 1.65. The van der Waals surface area contributed by atoms with Crippen LogP contribution in [-0.4, -0.2) is 15.0 Å². The molecule has 0 spiro atoms. The zero-order valence-corrected chi connectivity index (χ0v) is 9.61. The van der Waals surface area contributed by atoms with Crippen LogP contribution in [0.2, 0.25) is 0 Å². The molecule has 15 heavy (non-hydrogen) atoms. The molecule has 1 atom stereocenters. The van der Waals surface area contributed by atoms with Gasteiger partial charge in [0, 0.05) is 6.54 Å². The van der Waals surface area contributed by atoms with E-state index in [1.165, 1.54) is 6.42 Å². The van der Waals surface area contributed by atoms with Crippen molar-refractivity contribution in [2.24, 2.45) is 5.84 Å². The maximum absolute atomic E-state index is 5.55. The normalized spacial score (nSPS) is 13.0. The first kappa shape index (κ1) is 12.1. The van der Waals surface area contributed by atoms with E-state index in [0.717, 1.165) is 31.5 Å². The van der Waals surface area contributed by atoms with Crippen molar-refractivity contribution >= 4 is 0 Å². The number of nitrogens with two attached hydrogens (primary N) is 1. The number of hydrogen-bond donors (Lipinski definition) is 2. The third-order valence-electron chi connectivity index (χ3n) is 2.49. The standard InChI is InChI=1S/C10H21N5/c1-3-5-6-9(13-11)10-8-12-14-15(10)7-4-2/h8-9,13H,3-7,11H2,1-2H3. The van der Waals surface area contributed by atoms with E-state index in [1.807, 2.05) is 4.68 Å². The van der Waals surface area contributed by atoms with Gasteiger partial charge in [0.15, 0.2) is 0 Å². The van der Waals surface area contributed by atoms with E-state index < -0.39 is 0 Å². The lowest BCUT2D eigenvalue weighted by Crippen LogP contribution is -2.30. The first-order valence-electron chi connectivity index (χ1n) is 5.68. The van der Waals surface area contributed by atoms with Crippen molar-refractivity contribution in [1.82, 2.24) is 20.4 Å². The molecule has 0 aliphatic carbocycles.